The fraction of sp³-hybridized carbons (Fsp3) is 0.316. The molecule has 1 aromatic heterocycles. The van der Waals surface area contributed by atoms with Crippen LogP contribution in [0.2, 0.25) is 0 Å². The van der Waals surface area contributed by atoms with Crippen LogP contribution in [0.25, 0.3) is 0 Å². The molecule has 25 heavy (non-hydrogen) atoms. The van der Waals surface area contributed by atoms with E-state index in [4.69, 9.17) is 4.74 Å². The lowest BCUT2D eigenvalue weighted by Crippen LogP contribution is -2.31. The van der Waals surface area contributed by atoms with Crippen LogP contribution >= 0.6 is 15.9 Å². The van der Waals surface area contributed by atoms with Crippen LogP contribution in [-0.4, -0.2) is 22.9 Å². The van der Waals surface area contributed by atoms with Crippen molar-refractivity contribution in [3.8, 4) is 0 Å². The topological polar surface area (TPSA) is 65.4 Å². The number of carbonyl (C=O) groups is 2. The highest BCUT2D eigenvalue weighted by atomic mass is 79.9. The first-order valence-electron chi connectivity index (χ1n) is 8.22. The van der Waals surface area contributed by atoms with Gasteiger partial charge in [0, 0.05) is 29.3 Å². The Hall–Kier alpha value is -2.21. The molecular weight excluding hydrogens is 386 g/mol. The molecule has 6 heteroatoms. The minimum Gasteiger partial charge on any atom is -0.462 e. The fourth-order valence-corrected chi connectivity index (χ4v) is 3.35. The molecule has 1 aliphatic carbocycles. The standard InChI is InChI=1S/C19H18BrNO4/c1-2-25-19(24)14-11-21(10-12-6-8-13(20)9-7-12)15-4-3-5-16(22)17(15)18(14)23/h6-9,11H,2-5,10H2,1H3. The van der Waals surface area contributed by atoms with Crippen LogP contribution in [0.15, 0.2) is 39.7 Å². The zero-order chi connectivity index (χ0) is 18.0. The first-order chi connectivity index (χ1) is 12.0. The maximum atomic E-state index is 12.6. The Balaban J connectivity index is 2.12. The number of ketones is 1. The normalized spacial score (nSPS) is 13.4. The van der Waals surface area contributed by atoms with Crippen molar-refractivity contribution in [2.75, 3.05) is 6.61 Å². The smallest absolute Gasteiger partial charge is 0.343 e. The van der Waals surface area contributed by atoms with E-state index in [0.29, 0.717) is 31.5 Å². The van der Waals surface area contributed by atoms with E-state index >= 15 is 0 Å². The molecule has 0 spiro atoms. The summed E-state index contributed by atoms with van der Waals surface area (Å²) >= 11 is 3.40. The number of carbonyl (C=O) groups excluding carboxylic acids is 2. The van der Waals surface area contributed by atoms with Crippen LogP contribution in [0, 0.1) is 0 Å². The van der Waals surface area contributed by atoms with Crippen LogP contribution in [-0.2, 0) is 17.7 Å². The predicted molar refractivity (Wildman–Crippen MR) is 97.2 cm³/mol. The number of Topliss-reactive ketones (excluding diaryl/α,β-unsaturated/α-hetero) is 1. The quantitative estimate of drug-likeness (QED) is 0.734. The maximum absolute atomic E-state index is 12.6. The first-order valence-corrected chi connectivity index (χ1v) is 9.01. The summed E-state index contributed by atoms with van der Waals surface area (Å²) in [6, 6.07) is 7.79. The largest absolute Gasteiger partial charge is 0.462 e. The van der Waals surface area contributed by atoms with Gasteiger partial charge in [0.25, 0.3) is 0 Å². The van der Waals surface area contributed by atoms with Crippen molar-refractivity contribution < 1.29 is 14.3 Å². The van der Waals surface area contributed by atoms with E-state index in [-0.39, 0.29) is 23.5 Å². The third-order valence-electron chi connectivity index (χ3n) is 4.25. The number of ether oxygens (including phenoxy) is 1. The van der Waals surface area contributed by atoms with E-state index in [2.05, 4.69) is 15.9 Å². The van der Waals surface area contributed by atoms with Crippen molar-refractivity contribution in [1.82, 2.24) is 4.57 Å². The summed E-state index contributed by atoms with van der Waals surface area (Å²) in [4.78, 5) is 37.1. The number of esters is 1. The molecule has 3 rings (SSSR count). The Morgan fingerprint density at radius 1 is 1.20 bits per heavy atom. The number of rotatable bonds is 4. The summed E-state index contributed by atoms with van der Waals surface area (Å²) in [6.07, 6.45) is 3.23. The van der Waals surface area contributed by atoms with Gasteiger partial charge in [0.05, 0.1) is 12.2 Å². The minimum atomic E-state index is -0.682. The van der Waals surface area contributed by atoms with Crippen LogP contribution in [0.4, 0.5) is 0 Å². The van der Waals surface area contributed by atoms with Crippen molar-refractivity contribution in [2.45, 2.75) is 32.7 Å². The Morgan fingerprint density at radius 3 is 2.60 bits per heavy atom. The van der Waals surface area contributed by atoms with Gasteiger partial charge in [0.15, 0.2) is 5.78 Å². The second-order valence-corrected chi connectivity index (χ2v) is 6.86. The average molecular weight is 404 g/mol. The van der Waals surface area contributed by atoms with Gasteiger partial charge < -0.3 is 9.30 Å². The van der Waals surface area contributed by atoms with Crippen molar-refractivity contribution in [3.05, 3.63) is 67.5 Å². The monoisotopic (exact) mass is 403 g/mol. The number of benzene rings is 1. The van der Waals surface area contributed by atoms with Gasteiger partial charge in [-0.25, -0.2) is 4.79 Å². The van der Waals surface area contributed by atoms with E-state index in [9.17, 15) is 14.4 Å². The lowest BCUT2D eigenvalue weighted by molar-refractivity contribution is 0.0523. The van der Waals surface area contributed by atoms with Gasteiger partial charge in [-0.2, -0.15) is 0 Å². The van der Waals surface area contributed by atoms with E-state index in [0.717, 1.165) is 10.0 Å². The highest BCUT2D eigenvalue weighted by molar-refractivity contribution is 9.10. The van der Waals surface area contributed by atoms with Gasteiger partial charge >= 0.3 is 5.97 Å². The number of pyridine rings is 1. The molecule has 2 aromatic rings. The second kappa shape index (κ2) is 7.35. The third-order valence-corrected chi connectivity index (χ3v) is 4.78. The first kappa shape index (κ1) is 17.6. The number of hydrogen-bond donors (Lipinski definition) is 0. The Kier molecular flexibility index (Phi) is 5.18. The van der Waals surface area contributed by atoms with Crippen molar-refractivity contribution >= 4 is 27.7 Å². The summed E-state index contributed by atoms with van der Waals surface area (Å²) < 4.78 is 7.80. The summed E-state index contributed by atoms with van der Waals surface area (Å²) in [5.74, 6) is -0.875. The van der Waals surface area contributed by atoms with Gasteiger partial charge in [-0.3, -0.25) is 9.59 Å². The molecule has 1 heterocycles. The molecule has 1 aromatic carbocycles. The summed E-state index contributed by atoms with van der Waals surface area (Å²) in [5.41, 5.74) is 1.28. The fourth-order valence-electron chi connectivity index (χ4n) is 3.08. The van der Waals surface area contributed by atoms with Gasteiger partial charge in [0.1, 0.15) is 5.56 Å². The second-order valence-electron chi connectivity index (χ2n) is 5.95. The molecule has 0 radical (unpaired) electrons. The van der Waals surface area contributed by atoms with Gasteiger partial charge in [-0.15, -0.1) is 0 Å². The molecule has 0 unspecified atom stereocenters. The van der Waals surface area contributed by atoms with E-state index in [1.165, 1.54) is 6.20 Å². The average Bonchev–Trinajstić information content (AvgIpc) is 2.59. The third kappa shape index (κ3) is 3.58. The molecule has 0 amide bonds. The zero-order valence-electron chi connectivity index (χ0n) is 13.9. The van der Waals surface area contributed by atoms with E-state index in [1.807, 2.05) is 28.8 Å². The zero-order valence-corrected chi connectivity index (χ0v) is 15.5. The molecule has 0 saturated heterocycles. The molecule has 130 valence electrons. The molecule has 0 saturated carbocycles. The Morgan fingerprint density at radius 2 is 1.92 bits per heavy atom. The number of hydrogen-bond acceptors (Lipinski definition) is 4. The van der Waals surface area contributed by atoms with Crippen molar-refractivity contribution in [1.29, 1.82) is 0 Å². The summed E-state index contributed by atoms with van der Waals surface area (Å²) in [6.45, 7) is 2.34. The molecule has 5 nitrogen and oxygen atoms in total. The van der Waals surface area contributed by atoms with Crippen LogP contribution in [0.1, 0.15) is 51.7 Å². The highest BCUT2D eigenvalue weighted by Crippen LogP contribution is 2.21. The van der Waals surface area contributed by atoms with Gasteiger partial charge in [-0.1, -0.05) is 28.1 Å². The van der Waals surface area contributed by atoms with E-state index < -0.39 is 11.4 Å². The number of halogens is 1. The van der Waals surface area contributed by atoms with E-state index in [1.54, 1.807) is 6.92 Å². The number of fused-ring (bicyclic) bond motifs is 1. The molecule has 0 fully saturated rings. The molecule has 0 atom stereocenters. The summed E-state index contributed by atoms with van der Waals surface area (Å²) in [7, 11) is 0. The minimum absolute atomic E-state index is 0.0760. The van der Waals surface area contributed by atoms with Gasteiger partial charge in [0.2, 0.25) is 5.43 Å². The molecule has 0 aliphatic heterocycles. The van der Waals surface area contributed by atoms with Crippen LogP contribution in [0.3, 0.4) is 0 Å². The SMILES string of the molecule is CCOC(=O)c1cn(Cc2ccc(Br)cc2)c2c(c1=O)C(=O)CCC2. The van der Waals surface area contributed by atoms with Crippen LogP contribution in [0.5, 0.6) is 0 Å². The Bertz CT molecular complexity index is 884. The lowest BCUT2D eigenvalue weighted by Gasteiger charge is -2.21. The molecule has 1 aliphatic rings. The Labute approximate surface area is 153 Å². The van der Waals surface area contributed by atoms with Crippen molar-refractivity contribution in [2.24, 2.45) is 0 Å². The van der Waals surface area contributed by atoms with Crippen LogP contribution < -0.4 is 5.43 Å². The molecule has 0 bridgehead atoms. The number of aromatic nitrogens is 1. The van der Waals surface area contributed by atoms with Gasteiger partial charge in [-0.05, 0) is 37.5 Å². The maximum Gasteiger partial charge on any atom is 0.343 e. The molecule has 0 N–H and O–H groups in total. The highest BCUT2D eigenvalue weighted by Gasteiger charge is 2.27. The number of nitrogens with zero attached hydrogens (tertiary/aromatic N) is 1. The lowest BCUT2D eigenvalue weighted by atomic mass is 9.92. The predicted octanol–water partition coefficient (Wildman–Crippen LogP) is 3.35. The molecular formula is C19H18BrNO4. The van der Waals surface area contributed by atoms with Crippen molar-refractivity contribution in [3.63, 3.8) is 0 Å². The summed E-state index contributed by atoms with van der Waals surface area (Å²) in [5, 5.41) is 0.